The van der Waals surface area contributed by atoms with Crippen molar-refractivity contribution in [3.8, 4) is 0 Å². The van der Waals surface area contributed by atoms with Crippen LogP contribution in [0.5, 0.6) is 0 Å². The van der Waals surface area contributed by atoms with Crippen LogP contribution in [0.15, 0.2) is 30.3 Å². The maximum Gasteiger partial charge on any atom is 0.223 e. The zero-order valence-electron chi connectivity index (χ0n) is 16.8. The van der Waals surface area contributed by atoms with Gasteiger partial charge in [-0.05, 0) is 37.8 Å². The Morgan fingerprint density at radius 1 is 1.11 bits per heavy atom. The summed E-state index contributed by atoms with van der Waals surface area (Å²) in [5, 5.41) is 0. The zero-order valence-corrected chi connectivity index (χ0v) is 16.8. The van der Waals surface area contributed by atoms with Gasteiger partial charge < -0.3 is 14.7 Å². The molecule has 148 valence electrons. The van der Waals surface area contributed by atoms with Crippen molar-refractivity contribution in [2.24, 2.45) is 5.41 Å². The summed E-state index contributed by atoms with van der Waals surface area (Å²) in [6.45, 7) is 4.60. The number of nitrogens with zero attached hydrogens (tertiary/aromatic N) is 3. The van der Waals surface area contributed by atoms with Crippen molar-refractivity contribution in [3.63, 3.8) is 0 Å². The quantitative estimate of drug-likeness (QED) is 0.771. The molecule has 1 aromatic rings. The first-order valence-electron chi connectivity index (χ1n) is 10.2. The number of carbonyl (C=O) groups is 2. The number of hydrogen-bond acceptors (Lipinski definition) is 3. The Labute approximate surface area is 163 Å². The number of piperidine rings is 2. The molecule has 0 radical (unpaired) electrons. The number of benzene rings is 1. The van der Waals surface area contributed by atoms with Crippen molar-refractivity contribution in [1.82, 2.24) is 14.7 Å². The molecular formula is C22H33N3O2. The maximum absolute atomic E-state index is 12.5. The predicted molar refractivity (Wildman–Crippen MR) is 107 cm³/mol. The second kappa shape index (κ2) is 8.87. The lowest BCUT2D eigenvalue weighted by molar-refractivity contribution is -0.139. The molecular weight excluding hydrogens is 338 g/mol. The second-order valence-electron chi connectivity index (χ2n) is 8.47. The number of amides is 2. The third-order valence-corrected chi connectivity index (χ3v) is 6.14. The van der Waals surface area contributed by atoms with Crippen LogP contribution in [-0.4, -0.2) is 73.3 Å². The molecule has 2 heterocycles. The van der Waals surface area contributed by atoms with Crippen LogP contribution in [0, 0.1) is 5.41 Å². The molecule has 2 amide bonds. The standard InChI is InChI=1S/C22H33N3O2/c1-23(2)20(26)11-15-24-14-6-12-22(17-24)13-9-21(27)25(18-22)16-10-19-7-4-3-5-8-19/h3-5,7-8H,6,9-18H2,1-2H3. The zero-order chi connectivity index (χ0) is 19.3. The lowest BCUT2D eigenvalue weighted by atomic mass is 9.73. The Balaban J connectivity index is 1.56. The van der Waals surface area contributed by atoms with E-state index >= 15 is 0 Å². The van der Waals surface area contributed by atoms with Gasteiger partial charge in [-0.1, -0.05) is 30.3 Å². The molecule has 1 unspecified atom stereocenters. The summed E-state index contributed by atoms with van der Waals surface area (Å²) < 4.78 is 0. The fourth-order valence-electron chi connectivity index (χ4n) is 4.53. The van der Waals surface area contributed by atoms with Gasteiger partial charge in [0, 0.05) is 58.5 Å². The Morgan fingerprint density at radius 3 is 2.63 bits per heavy atom. The lowest BCUT2D eigenvalue weighted by Crippen LogP contribution is -2.54. The highest BCUT2D eigenvalue weighted by Gasteiger charge is 2.41. The van der Waals surface area contributed by atoms with E-state index in [1.165, 1.54) is 12.0 Å². The van der Waals surface area contributed by atoms with Crippen molar-refractivity contribution >= 4 is 11.8 Å². The van der Waals surface area contributed by atoms with E-state index in [-0.39, 0.29) is 11.3 Å². The molecule has 0 aliphatic carbocycles. The molecule has 0 N–H and O–H groups in total. The fourth-order valence-corrected chi connectivity index (χ4v) is 4.53. The Morgan fingerprint density at radius 2 is 1.89 bits per heavy atom. The van der Waals surface area contributed by atoms with Crippen molar-refractivity contribution < 1.29 is 9.59 Å². The van der Waals surface area contributed by atoms with Crippen LogP contribution in [0.25, 0.3) is 0 Å². The van der Waals surface area contributed by atoms with Crippen LogP contribution in [-0.2, 0) is 16.0 Å². The highest BCUT2D eigenvalue weighted by molar-refractivity contribution is 5.77. The van der Waals surface area contributed by atoms with E-state index in [2.05, 4.69) is 34.1 Å². The number of hydrogen-bond donors (Lipinski definition) is 0. The monoisotopic (exact) mass is 371 g/mol. The van der Waals surface area contributed by atoms with Gasteiger partial charge in [0.05, 0.1) is 0 Å². The fraction of sp³-hybridized carbons (Fsp3) is 0.636. The molecule has 2 fully saturated rings. The number of likely N-dealkylation sites (tertiary alicyclic amines) is 2. The van der Waals surface area contributed by atoms with Crippen molar-refractivity contribution in [2.75, 3.05) is 46.8 Å². The summed E-state index contributed by atoms with van der Waals surface area (Å²) >= 11 is 0. The van der Waals surface area contributed by atoms with Gasteiger partial charge in [0.15, 0.2) is 0 Å². The predicted octanol–water partition coefficient (Wildman–Crippen LogP) is 2.41. The normalized spacial score (nSPS) is 23.6. The van der Waals surface area contributed by atoms with Gasteiger partial charge in [-0.3, -0.25) is 9.59 Å². The first-order valence-corrected chi connectivity index (χ1v) is 10.2. The lowest BCUT2D eigenvalue weighted by Gasteiger charge is -2.48. The topological polar surface area (TPSA) is 43.9 Å². The van der Waals surface area contributed by atoms with Crippen LogP contribution in [0.1, 0.15) is 37.7 Å². The average molecular weight is 372 g/mol. The highest BCUT2D eigenvalue weighted by Crippen LogP contribution is 2.38. The van der Waals surface area contributed by atoms with Gasteiger partial charge >= 0.3 is 0 Å². The van der Waals surface area contributed by atoms with Crippen LogP contribution in [0.3, 0.4) is 0 Å². The van der Waals surface area contributed by atoms with Crippen molar-refractivity contribution in [2.45, 2.75) is 38.5 Å². The minimum Gasteiger partial charge on any atom is -0.349 e. The summed E-state index contributed by atoms with van der Waals surface area (Å²) in [5.41, 5.74) is 1.50. The van der Waals surface area contributed by atoms with Crippen LogP contribution in [0.2, 0.25) is 0 Å². The van der Waals surface area contributed by atoms with Gasteiger partial charge in [-0.25, -0.2) is 0 Å². The van der Waals surface area contributed by atoms with Crippen molar-refractivity contribution in [1.29, 1.82) is 0 Å². The van der Waals surface area contributed by atoms with E-state index < -0.39 is 0 Å². The second-order valence-corrected chi connectivity index (χ2v) is 8.47. The molecule has 5 heteroatoms. The Hall–Kier alpha value is -1.88. The average Bonchev–Trinajstić information content (AvgIpc) is 2.68. The molecule has 5 nitrogen and oxygen atoms in total. The molecule has 3 rings (SSSR count). The van der Waals surface area contributed by atoms with Gasteiger partial charge in [-0.15, -0.1) is 0 Å². The smallest absolute Gasteiger partial charge is 0.223 e. The Bertz CT molecular complexity index is 646. The van der Waals surface area contributed by atoms with Crippen LogP contribution in [0.4, 0.5) is 0 Å². The summed E-state index contributed by atoms with van der Waals surface area (Å²) in [6.07, 6.45) is 5.52. The van der Waals surface area contributed by atoms with Gasteiger partial charge in [0.25, 0.3) is 0 Å². The highest BCUT2D eigenvalue weighted by atomic mass is 16.2. The third kappa shape index (κ3) is 5.32. The Kier molecular flexibility index (Phi) is 6.53. The van der Waals surface area contributed by atoms with Gasteiger partial charge in [-0.2, -0.15) is 0 Å². The maximum atomic E-state index is 12.5. The minimum absolute atomic E-state index is 0.193. The molecule has 0 aromatic heterocycles. The SMILES string of the molecule is CN(C)C(=O)CCN1CCCC2(CCC(=O)N(CCc3ccccc3)C2)C1. The number of rotatable bonds is 6. The van der Waals surface area contributed by atoms with E-state index in [1.807, 2.05) is 20.2 Å². The van der Waals surface area contributed by atoms with E-state index in [4.69, 9.17) is 0 Å². The molecule has 0 bridgehead atoms. The van der Waals surface area contributed by atoms with E-state index in [1.54, 1.807) is 4.90 Å². The van der Waals surface area contributed by atoms with Crippen molar-refractivity contribution in [3.05, 3.63) is 35.9 Å². The van der Waals surface area contributed by atoms with Crippen LogP contribution >= 0.6 is 0 Å². The summed E-state index contributed by atoms with van der Waals surface area (Å²) in [5.74, 6) is 0.495. The summed E-state index contributed by atoms with van der Waals surface area (Å²) in [4.78, 5) is 30.6. The number of carbonyl (C=O) groups excluding carboxylic acids is 2. The molecule has 2 aliphatic heterocycles. The first kappa shape index (κ1) is 19.9. The minimum atomic E-state index is 0.193. The molecule has 27 heavy (non-hydrogen) atoms. The van der Waals surface area contributed by atoms with Crippen LogP contribution < -0.4 is 0 Å². The van der Waals surface area contributed by atoms with E-state index in [0.29, 0.717) is 18.7 Å². The third-order valence-electron chi connectivity index (χ3n) is 6.14. The molecule has 1 atom stereocenters. The van der Waals surface area contributed by atoms with E-state index in [9.17, 15) is 9.59 Å². The molecule has 2 aliphatic rings. The first-order chi connectivity index (χ1) is 13.0. The molecule has 2 saturated heterocycles. The molecule has 1 spiro atoms. The molecule has 1 aromatic carbocycles. The molecule has 0 saturated carbocycles. The summed E-state index contributed by atoms with van der Waals surface area (Å²) in [7, 11) is 3.63. The summed E-state index contributed by atoms with van der Waals surface area (Å²) in [6, 6.07) is 10.4. The van der Waals surface area contributed by atoms with Gasteiger partial charge in [0.1, 0.15) is 0 Å². The van der Waals surface area contributed by atoms with Gasteiger partial charge in [0.2, 0.25) is 11.8 Å². The largest absolute Gasteiger partial charge is 0.349 e. The van der Waals surface area contributed by atoms with E-state index in [0.717, 1.165) is 52.0 Å².